The van der Waals surface area contributed by atoms with Gasteiger partial charge in [0, 0.05) is 23.8 Å². The number of ether oxygens (including phenoxy) is 1. The molecule has 0 aromatic heterocycles. The van der Waals surface area contributed by atoms with E-state index in [1.807, 2.05) is 29.3 Å². The smallest absolute Gasteiger partial charge is 0.185 e. The van der Waals surface area contributed by atoms with E-state index in [4.69, 9.17) is 28.6 Å². The third-order valence-electron chi connectivity index (χ3n) is 2.35. The molecule has 92 valence electrons. The van der Waals surface area contributed by atoms with Gasteiger partial charge in [0.1, 0.15) is 0 Å². The number of anilines is 1. The molecule has 0 spiro atoms. The molecule has 0 unspecified atom stereocenters. The highest BCUT2D eigenvalue weighted by Crippen LogP contribution is 2.14. The van der Waals surface area contributed by atoms with Crippen LogP contribution in [-0.4, -0.2) is 36.4 Å². The lowest BCUT2D eigenvalue weighted by molar-refractivity contribution is 0.0252. The molecule has 0 saturated carbocycles. The molecule has 0 amide bonds. The SMILES string of the molecule is S=C(Nc1cccc(Cl)c1)NN1CCOCC1. The first kappa shape index (κ1) is 12.6. The van der Waals surface area contributed by atoms with Crippen LogP contribution in [0.3, 0.4) is 0 Å². The Kier molecular flexibility index (Phi) is 4.56. The summed E-state index contributed by atoms with van der Waals surface area (Å²) in [7, 11) is 0. The van der Waals surface area contributed by atoms with Crippen molar-refractivity contribution in [2.75, 3.05) is 31.6 Å². The number of rotatable bonds is 2. The van der Waals surface area contributed by atoms with E-state index in [2.05, 4.69) is 10.7 Å². The van der Waals surface area contributed by atoms with Crippen LogP contribution in [0.25, 0.3) is 0 Å². The highest BCUT2D eigenvalue weighted by atomic mass is 35.5. The summed E-state index contributed by atoms with van der Waals surface area (Å²) in [5.41, 5.74) is 4.00. The van der Waals surface area contributed by atoms with E-state index in [1.165, 1.54) is 0 Å². The number of halogens is 1. The maximum atomic E-state index is 5.89. The molecular weight excluding hydrogens is 258 g/mol. The molecule has 1 aliphatic rings. The van der Waals surface area contributed by atoms with Gasteiger partial charge in [-0.05, 0) is 30.4 Å². The lowest BCUT2D eigenvalue weighted by Crippen LogP contribution is -2.49. The molecule has 1 heterocycles. The fraction of sp³-hybridized carbons (Fsp3) is 0.364. The molecule has 1 saturated heterocycles. The quantitative estimate of drug-likeness (QED) is 0.804. The first-order valence-corrected chi connectivity index (χ1v) is 6.18. The van der Waals surface area contributed by atoms with Crippen LogP contribution in [0.2, 0.25) is 5.02 Å². The molecule has 1 aromatic carbocycles. The molecule has 6 heteroatoms. The van der Waals surface area contributed by atoms with Crippen LogP contribution < -0.4 is 10.7 Å². The van der Waals surface area contributed by atoms with Crippen LogP contribution in [0.4, 0.5) is 5.69 Å². The minimum Gasteiger partial charge on any atom is -0.379 e. The summed E-state index contributed by atoms with van der Waals surface area (Å²) in [5, 5.41) is 6.36. The van der Waals surface area contributed by atoms with Crippen molar-refractivity contribution in [1.29, 1.82) is 0 Å². The van der Waals surface area contributed by atoms with Crippen molar-refractivity contribution in [3.63, 3.8) is 0 Å². The monoisotopic (exact) mass is 271 g/mol. The minimum absolute atomic E-state index is 0.564. The molecule has 0 atom stereocenters. The first-order valence-electron chi connectivity index (χ1n) is 5.40. The van der Waals surface area contributed by atoms with Crippen molar-refractivity contribution in [2.24, 2.45) is 0 Å². The summed E-state index contributed by atoms with van der Waals surface area (Å²) in [6.07, 6.45) is 0. The molecule has 0 bridgehead atoms. The molecule has 1 aromatic rings. The second-order valence-corrected chi connectivity index (χ2v) is 4.52. The van der Waals surface area contributed by atoms with Crippen LogP contribution in [0.15, 0.2) is 24.3 Å². The molecule has 1 aliphatic heterocycles. The molecule has 0 radical (unpaired) electrons. The van der Waals surface area contributed by atoms with Crippen molar-refractivity contribution in [2.45, 2.75) is 0 Å². The normalized spacial score (nSPS) is 16.5. The van der Waals surface area contributed by atoms with E-state index < -0.39 is 0 Å². The molecule has 0 aliphatic carbocycles. The summed E-state index contributed by atoms with van der Waals surface area (Å²) >= 11 is 11.1. The second-order valence-electron chi connectivity index (χ2n) is 3.68. The predicted molar refractivity (Wildman–Crippen MR) is 73.2 cm³/mol. The van der Waals surface area contributed by atoms with Gasteiger partial charge < -0.3 is 10.1 Å². The van der Waals surface area contributed by atoms with E-state index >= 15 is 0 Å². The zero-order chi connectivity index (χ0) is 12.1. The van der Waals surface area contributed by atoms with Crippen LogP contribution in [-0.2, 0) is 4.74 Å². The van der Waals surface area contributed by atoms with E-state index in [1.54, 1.807) is 0 Å². The molecule has 4 nitrogen and oxygen atoms in total. The lowest BCUT2D eigenvalue weighted by atomic mass is 10.3. The van der Waals surface area contributed by atoms with Crippen LogP contribution in [0.1, 0.15) is 0 Å². The molecule has 2 N–H and O–H groups in total. The Morgan fingerprint density at radius 2 is 2.12 bits per heavy atom. The highest BCUT2D eigenvalue weighted by molar-refractivity contribution is 7.80. The molecule has 1 fully saturated rings. The van der Waals surface area contributed by atoms with Crippen molar-refractivity contribution < 1.29 is 4.74 Å². The van der Waals surface area contributed by atoms with Gasteiger partial charge in [0.05, 0.1) is 13.2 Å². The van der Waals surface area contributed by atoms with Gasteiger partial charge >= 0.3 is 0 Å². The Balaban J connectivity index is 1.84. The van der Waals surface area contributed by atoms with Gasteiger partial charge in [-0.3, -0.25) is 5.43 Å². The summed E-state index contributed by atoms with van der Waals surface area (Å²) < 4.78 is 5.25. The van der Waals surface area contributed by atoms with Crippen molar-refractivity contribution in [1.82, 2.24) is 10.4 Å². The molecule has 2 rings (SSSR count). The van der Waals surface area contributed by atoms with Crippen LogP contribution >= 0.6 is 23.8 Å². The van der Waals surface area contributed by atoms with Gasteiger partial charge in [0.2, 0.25) is 0 Å². The summed E-state index contributed by atoms with van der Waals surface area (Å²) in [6, 6.07) is 7.45. The average Bonchev–Trinajstić information content (AvgIpc) is 2.30. The lowest BCUT2D eigenvalue weighted by Gasteiger charge is -2.28. The number of hydrogen-bond acceptors (Lipinski definition) is 3. The number of nitrogens with one attached hydrogen (secondary N) is 2. The molecular formula is C11H14ClN3OS. The summed E-state index contributed by atoms with van der Waals surface area (Å²) in [6.45, 7) is 3.12. The third kappa shape index (κ3) is 4.12. The highest BCUT2D eigenvalue weighted by Gasteiger charge is 2.10. The predicted octanol–water partition coefficient (Wildman–Crippen LogP) is 1.87. The Morgan fingerprint density at radius 1 is 1.35 bits per heavy atom. The van der Waals surface area contributed by atoms with E-state index in [9.17, 15) is 0 Å². The van der Waals surface area contributed by atoms with Gasteiger partial charge in [0.25, 0.3) is 0 Å². The average molecular weight is 272 g/mol. The zero-order valence-corrected chi connectivity index (χ0v) is 10.9. The van der Waals surface area contributed by atoms with Crippen LogP contribution in [0.5, 0.6) is 0 Å². The third-order valence-corrected chi connectivity index (χ3v) is 2.78. The Labute approximate surface area is 111 Å². The number of morpholine rings is 1. The fourth-order valence-corrected chi connectivity index (χ4v) is 1.98. The second kappa shape index (κ2) is 6.16. The summed E-state index contributed by atoms with van der Waals surface area (Å²) in [5.74, 6) is 0. The maximum absolute atomic E-state index is 5.89. The summed E-state index contributed by atoms with van der Waals surface area (Å²) in [4.78, 5) is 0. The number of hydrazine groups is 1. The topological polar surface area (TPSA) is 36.5 Å². The Hall–Kier alpha value is -0.880. The van der Waals surface area contributed by atoms with Crippen LogP contribution in [0, 0.1) is 0 Å². The Morgan fingerprint density at radius 3 is 2.82 bits per heavy atom. The van der Waals surface area contributed by atoms with E-state index in [0.717, 1.165) is 32.0 Å². The maximum Gasteiger partial charge on any atom is 0.185 e. The van der Waals surface area contributed by atoms with Crippen molar-refractivity contribution in [3.8, 4) is 0 Å². The van der Waals surface area contributed by atoms with E-state index in [-0.39, 0.29) is 0 Å². The van der Waals surface area contributed by atoms with Gasteiger partial charge in [-0.25, -0.2) is 5.01 Å². The zero-order valence-electron chi connectivity index (χ0n) is 9.28. The van der Waals surface area contributed by atoms with Gasteiger partial charge in [-0.1, -0.05) is 17.7 Å². The first-order chi connectivity index (χ1) is 8.24. The van der Waals surface area contributed by atoms with Crippen molar-refractivity contribution >= 4 is 34.6 Å². The number of benzene rings is 1. The molecule has 17 heavy (non-hydrogen) atoms. The number of hydrogen-bond donors (Lipinski definition) is 2. The fourth-order valence-electron chi connectivity index (χ4n) is 1.54. The Bertz CT molecular complexity index is 396. The standard InChI is InChI=1S/C11H14ClN3OS/c12-9-2-1-3-10(8-9)13-11(17)14-15-4-6-16-7-5-15/h1-3,8H,4-7H2,(H2,13,14,17). The van der Waals surface area contributed by atoms with Gasteiger partial charge in [0.15, 0.2) is 5.11 Å². The van der Waals surface area contributed by atoms with E-state index in [0.29, 0.717) is 10.1 Å². The minimum atomic E-state index is 0.564. The number of nitrogens with zero attached hydrogens (tertiary/aromatic N) is 1. The van der Waals surface area contributed by atoms with Gasteiger partial charge in [-0.2, -0.15) is 0 Å². The van der Waals surface area contributed by atoms with Crippen molar-refractivity contribution in [3.05, 3.63) is 29.3 Å². The largest absolute Gasteiger partial charge is 0.379 e. The van der Waals surface area contributed by atoms with Gasteiger partial charge in [-0.15, -0.1) is 0 Å². The number of thiocarbonyl (C=S) groups is 1.